The summed E-state index contributed by atoms with van der Waals surface area (Å²) in [5, 5.41) is 11.7. The Morgan fingerprint density at radius 3 is 2.55 bits per heavy atom. The first kappa shape index (κ1) is 26.1. The first-order chi connectivity index (χ1) is 18.5. The van der Waals surface area contributed by atoms with Crippen molar-refractivity contribution in [2.75, 3.05) is 25.4 Å². The zero-order valence-corrected chi connectivity index (χ0v) is 22.6. The van der Waals surface area contributed by atoms with Crippen molar-refractivity contribution in [2.45, 2.75) is 31.0 Å². The van der Waals surface area contributed by atoms with Gasteiger partial charge in [0.2, 0.25) is 5.91 Å². The lowest BCUT2D eigenvalue weighted by Crippen LogP contribution is -2.55. The third-order valence-corrected chi connectivity index (χ3v) is 8.38. The number of hydrogen-bond acceptors (Lipinski definition) is 6. The lowest BCUT2D eigenvalue weighted by molar-refractivity contribution is -0.133. The van der Waals surface area contributed by atoms with Gasteiger partial charge in [0.05, 0.1) is 10.4 Å². The van der Waals surface area contributed by atoms with E-state index in [9.17, 15) is 14.0 Å². The molecule has 196 valence electrons. The van der Waals surface area contributed by atoms with Crippen LogP contribution in [0.4, 0.5) is 4.39 Å². The van der Waals surface area contributed by atoms with Crippen LogP contribution in [0.15, 0.2) is 77.3 Å². The zero-order chi connectivity index (χ0) is 26.5. The molecular formula is C28H28FN5O2S2. The van der Waals surface area contributed by atoms with E-state index in [2.05, 4.69) is 14.8 Å². The molecule has 1 fully saturated rings. The van der Waals surface area contributed by atoms with Gasteiger partial charge in [-0.1, -0.05) is 48.2 Å². The Bertz CT molecular complexity index is 1390. The van der Waals surface area contributed by atoms with Gasteiger partial charge >= 0.3 is 0 Å². The fourth-order valence-corrected chi connectivity index (χ4v) is 6.15. The highest BCUT2D eigenvalue weighted by atomic mass is 32.2. The summed E-state index contributed by atoms with van der Waals surface area (Å²) in [5.74, 6) is 0.748. The Morgan fingerprint density at radius 1 is 1.03 bits per heavy atom. The molecule has 0 bridgehead atoms. The molecule has 1 aliphatic heterocycles. The molecule has 1 saturated heterocycles. The van der Waals surface area contributed by atoms with E-state index in [4.69, 9.17) is 0 Å². The Hall–Kier alpha value is -3.50. The summed E-state index contributed by atoms with van der Waals surface area (Å²) in [6.07, 6.45) is 1.11. The molecule has 1 aliphatic rings. The lowest BCUT2D eigenvalue weighted by atomic mass is 10.1. The van der Waals surface area contributed by atoms with Gasteiger partial charge in [-0.3, -0.25) is 14.2 Å². The molecule has 2 aromatic heterocycles. The van der Waals surface area contributed by atoms with Gasteiger partial charge in [0.1, 0.15) is 5.82 Å². The Balaban J connectivity index is 1.15. The number of hydrogen-bond donors (Lipinski definition) is 0. The minimum absolute atomic E-state index is 0.0687. The third kappa shape index (κ3) is 5.66. The van der Waals surface area contributed by atoms with Crippen molar-refractivity contribution in [2.24, 2.45) is 0 Å². The molecule has 0 saturated carbocycles. The van der Waals surface area contributed by atoms with Crippen LogP contribution < -0.4 is 0 Å². The van der Waals surface area contributed by atoms with E-state index in [1.807, 2.05) is 59.7 Å². The number of amides is 2. The smallest absolute Gasteiger partial charge is 0.257 e. The van der Waals surface area contributed by atoms with Crippen molar-refractivity contribution in [3.05, 3.63) is 83.5 Å². The summed E-state index contributed by atoms with van der Waals surface area (Å²) in [5.41, 5.74) is 1.07. The van der Waals surface area contributed by atoms with Crippen LogP contribution in [0.5, 0.6) is 0 Å². The maximum Gasteiger partial charge on any atom is 0.257 e. The van der Waals surface area contributed by atoms with Crippen molar-refractivity contribution < 1.29 is 14.0 Å². The number of piperazine rings is 1. The van der Waals surface area contributed by atoms with Gasteiger partial charge < -0.3 is 9.80 Å². The summed E-state index contributed by atoms with van der Waals surface area (Å²) in [4.78, 5) is 30.3. The molecule has 2 aromatic carbocycles. The van der Waals surface area contributed by atoms with E-state index >= 15 is 0 Å². The summed E-state index contributed by atoms with van der Waals surface area (Å²) in [6, 6.07) is 19.9. The predicted octanol–water partition coefficient (Wildman–Crippen LogP) is 5.38. The van der Waals surface area contributed by atoms with Crippen LogP contribution in [-0.4, -0.2) is 67.8 Å². The predicted molar refractivity (Wildman–Crippen MR) is 148 cm³/mol. The largest absolute Gasteiger partial charge is 0.339 e. The second kappa shape index (κ2) is 11.9. The summed E-state index contributed by atoms with van der Waals surface area (Å²) in [6.45, 7) is 3.18. The third-order valence-electron chi connectivity index (χ3n) is 6.50. The number of halogens is 1. The Kier molecular flexibility index (Phi) is 8.19. The Labute approximate surface area is 229 Å². The summed E-state index contributed by atoms with van der Waals surface area (Å²) in [7, 11) is 0. The average Bonchev–Trinajstić information content (AvgIpc) is 3.61. The van der Waals surface area contributed by atoms with Crippen molar-refractivity contribution in [3.8, 4) is 16.4 Å². The molecule has 0 N–H and O–H groups in total. The molecule has 0 spiro atoms. The van der Waals surface area contributed by atoms with Gasteiger partial charge in [-0.25, -0.2) is 4.39 Å². The second-order valence-electron chi connectivity index (χ2n) is 9.07. The van der Waals surface area contributed by atoms with Crippen molar-refractivity contribution in [3.63, 3.8) is 0 Å². The van der Waals surface area contributed by atoms with Crippen LogP contribution in [0.25, 0.3) is 16.4 Å². The highest BCUT2D eigenvalue weighted by Crippen LogP contribution is 2.30. The second-order valence-corrected chi connectivity index (χ2v) is 11.1. The quantitative estimate of drug-likeness (QED) is 0.218. The molecule has 4 aromatic rings. The number of nitrogens with zero attached hydrogens (tertiary/aromatic N) is 5. The Morgan fingerprint density at radius 2 is 1.82 bits per heavy atom. The van der Waals surface area contributed by atoms with E-state index in [-0.39, 0.29) is 23.4 Å². The van der Waals surface area contributed by atoms with Crippen LogP contribution >= 0.6 is 23.1 Å². The molecule has 0 aliphatic carbocycles. The zero-order valence-electron chi connectivity index (χ0n) is 21.0. The molecule has 5 rings (SSSR count). The molecule has 2 amide bonds. The minimum atomic E-state index is -0.522. The van der Waals surface area contributed by atoms with E-state index in [1.165, 1.54) is 12.1 Å². The fraction of sp³-hybridized carbons (Fsp3) is 0.286. The van der Waals surface area contributed by atoms with Gasteiger partial charge in [0, 0.05) is 43.5 Å². The molecule has 1 atom stereocenters. The monoisotopic (exact) mass is 549 g/mol. The maximum atomic E-state index is 14.1. The van der Waals surface area contributed by atoms with Crippen molar-refractivity contribution in [1.29, 1.82) is 0 Å². The molecule has 1 unspecified atom stereocenters. The van der Waals surface area contributed by atoms with Crippen LogP contribution in [0.3, 0.4) is 0 Å². The van der Waals surface area contributed by atoms with Gasteiger partial charge in [0.25, 0.3) is 5.91 Å². The number of para-hydroxylation sites is 1. The number of benzene rings is 2. The van der Waals surface area contributed by atoms with Gasteiger partial charge in [0.15, 0.2) is 11.0 Å². The van der Waals surface area contributed by atoms with Crippen LogP contribution in [0.2, 0.25) is 0 Å². The number of thiophene rings is 1. The molecular weight excluding hydrogens is 521 g/mol. The van der Waals surface area contributed by atoms with Gasteiger partial charge in [-0.2, -0.15) is 0 Å². The lowest BCUT2D eigenvalue weighted by Gasteiger charge is -2.40. The number of thioether (sulfide) groups is 1. The number of carbonyl (C=O) groups is 2. The van der Waals surface area contributed by atoms with Crippen LogP contribution in [0.1, 0.15) is 30.1 Å². The van der Waals surface area contributed by atoms with E-state index < -0.39 is 5.82 Å². The maximum absolute atomic E-state index is 14.1. The fourth-order valence-electron chi connectivity index (χ4n) is 4.56. The van der Waals surface area contributed by atoms with Crippen molar-refractivity contribution in [1.82, 2.24) is 24.6 Å². The molecule has 3 heterocycles. The first-order valence-electron chi connectivity index (χ1n) is 12.5. The molecule has 38 heavy (non-hydrogen) atoms. The average molecular weight is 550 g/mol. The molecule has 0 radical (unpaired) electrons. The van der Waals surface area contributed by atoms with Crippen LogP contribution in [0, 0.1) is 5.82 Å². The van der Waals surface area contributed by atoms with E-state index in [0.717, 1.165) is 27.3 Å². The van der Waals surface area contributed by atoms with E-state index in [0.29, 0.717) is 32.5 Å². The standard InChI is InChI=1S/C28H28FN5O2S2/c1-20-19-32(15-16-33(20)27(36)22-11-5-6-12-23(22)29)25(35)14-8-18-38-28-31-30-26(24-13-7-17-37-24)34(28)21-9-3-2-4-10-21/h2-7,9-13,17,20H,8,14-16,18-19H2,1H3. The van der Waals surface area contributed by atoms with Gasteiger partial charge in [-0.05, 0) is 49.1 Å². The minimum Gasteiger partial charge on any atom is -0.339 e. The normalized spacial score (nSPS) is 15.6. The molecule has 10 heteroatoms. The van der Waals surface area contributed by atoms with Crippen molar-refractivity contribution >= 4 is 34.9 Å². The SMILES string of the molecule is CC1CN(C(=O)CCCSc2nnc(-c3cccs3)n2-c2ccccc2)CCN1C(=O)c1ccccc1F. The van der Waals surface area contributed by atoms with E-state index in [1.54, 1.807) is 40.1 Å². The topological polar surface area (TPSA) is 71.3 Å². The highest BCUT2D eigenvalue weighted by Gasteiger charge is 2.31. The number of carbonyl (C=O) groups excluding carboxylic acids is 2. The summed E-state index contributed by atoms with van der Waals surface area (Å²) < 4.78 is 16.2. The number of rotatable bonds is 8. The number of aromatic nitrogens is 3. The summed E-state index contributed by atoms with van der Waals surface area (Å²) >= 11 is 3.21. The molecule has 7 nitrogen and oxygen atoms in total. The van der Waals surface area contributed by atoms with Crippen LogP contribution in [-0.2, 0) is 4.79 Å². The van der Waals surface area contributed by atoms with Gasteiger partial charge in [-0.15, -0.1) is 21.5 Å². The highest BCUT2D eigenvalue weighted by molar-refractivity contribution is 7.99. The first-order valence-corrected chi connectivity index (χ1v) is 14.4.